The van der Waals surface area contributed by atoms with Crippen molar-refractivity contribution in [2.24, 2.45) is 11.8 Å². The number of imide groups is 1. The number of esters is 1. The quantitative estimate of drug-likeness (QED) is 0.0671. The predicted octanol–water partition coefficient (Wildman–Crippen LogP) is 4.13. The summed E-state index contributed by atoms with van der Waals surface area (Å²) in [6.45, 7) is 19.9. The van der Waals surface area contributed by atoms with Crippen molar-refractivity contribution in [2.45, 2.75) is 82.6 Å². The molecular weight excluding hydrogens is 611 g/mol. The Bertz CT molecular complexity index is 1100. The van der Waals surface area contributed by atoms with E-state index < -0.39 is 68.9 Å². The smallest absolute Gasteiger partial charge is 0.410 e. The van der Waals surface area contributed by atoms with Gasteiger partial charge in [-0.3, -0.25) is 19.3 Å². The van der Waals surface area contributed by atoms with Gasteiger partial charge in [-0.2, -0.15) is 0 Å². The van der Waals surface area contributed by atoms with E-state index in [9.17, 15) is 28.4 Å². The van der Waals surface area contributed by atoms with E-state index in [4.69, 9.17) is 18.6 Å². The number of thioether (sulfide) groups is 1. The molecule has 2 heterocycles. The Labute approximate surface area is 265 Å². The number of likely N-dealkylation sites (tertiary alicyclic amines) is 2. The largest absolute Gasteiger partial charge is 0.454 e. The first-order valence-corrected chi connectivity index (χ1v) is 18.5. The molecule has 0 spiro atoms. The van der Waals surface area contributed by atoms with Crippen LogP contribution in [0.25, 0.3) is 0 Å². The number of carbonyl (C=O) groups is 5. The van der Waals surface area contributed by atoms with Gasteiger partial charge in [-0.05, 0) is 31.5 Å². The molecule has 0 aromatic heterocycles. The molecule has 0 bridgehead atoms. The van der Waals surface area contributed by atoms with Crippen molar-refractivity contribution >= 4 is 49.1 Å². The highest BCUT2D eigenvalue weighted by atomic mass is 32.2. The van der Waals surface area contributed by atoms with Crippen LogP contribution >= 0.6 is 11.8 Å². The highest BCUT2D eigenvalue weighted by Crippen LogP contribution is 2.43. The average Bonchev–Trinajstić information content (AvgIpc) is 3.34. The van der Waals surface area contributed by atoms with Crippen LogP contribution in [0, 0.1) is 11.8 Å². The minimum Gasteiger partial charge on any atom is -0.454 e. The van der Waals surface area contributed by atoms with Crippen LogP contribution in [-0.4, -0.2) is 110 Å². The number of amides is 3. The van der Waals surface area contributed by atoms with E-state index in [2.05, 4.69) is 33.9 Å². The lowest BCUT2D eigenvalue weighted by Crippen LogP contribution is -2.71. The van der Waals surface area contributed by atoms with Gasteiger partial charge in [0.25, 0.3) is 0 Å². The van der Waals surface area contributed by atoms with Crippen LogP contribution in [0.5, 0.6) is 0 Å². The Morgan fingerprint density at radius 1 is 1.11 bits per heavy atom. The van der Waals surface area contributed by atoms with Gasteiger partial charge in [0.1, 0.15) is 19.9 Å². The van der Waals surface area contributed by atoms with Gasteiger partial charge in [-0.25, -0.2) is 14.0 Å². The van der Waals surface area contributed by atoms with E-state index in [0.717, 1.165) is 16.7 Å². The zero-order valence-electron chi connectivity index (χ0n) is 26.8. The van der Waals surface area contributed by atoms with Crippen LogP contribution in [0.4, 0.5) is 9.18 Å². The van der Waals surface area contributed by atoms with Crippen molar-refractivity contribution in [1.82, 2.24) is 9.80 Å². The van der Waals surface area contributed by atoms with Crippen LogP contribution in [-0.2, 0) is 37.8 Å². The monoisotopic (exact) mass is 658 g/mol. The summed E-state index contributed by atoms with van der Waals surface area (Å²) in [7, 11) is -2.34. The van der Waals surface area contributed by atoms with Crippen LogP contribution < -0.4 is 0 Å². The summed E-state index contributed by atoms with van der Waals surface area (Å²) in [5, 5.41) is -0.827. The molecule has 2 aliphatic heterocycles. The lowest BCUT2D eigenvalue weighted by Gasteiger charge is -2.51. The zero-order chi connectivity index (χ0) is 33.4. The van der Waals surface area contributed by atoms with Crippen LogP contribution in [0.3, 0.4) is 0 Å². The number of nitrogens with zero attached hydrogens (tertiary/aromatic N) is 2. The summed E-state index contributed by atoms with van der Waals surface area (Å²) in [5.74, 6) is -4.67. The lowest BCUT2D eigenvalue weighted by molar-refractivity contribution is -0.182. The van der Waals surface area contributed by atoms with Crippen molar-refractivity contribution in [3.63, 3.8) is 0 Å². The summed E-state index contributed by atoms with van der Waals surface area (Å²) in [6.07, 6.45) is 1.90. The maximum Gasteiger partial charge on any atom is 0.410 e. The third-order valence-corrected chi connectivity index (χ3v) is 14.2. The molecule has 0 aliphatic carbocycles. The maximum absolute atomic E-state index is 13.7. The number of hydrogen-bond acceptors (Lipinski definition) is 10. The van der Waals surface area contributed by atoms with Crippen LogP contribution in [0.15, 0.2) is 25.3 Å². The third kappa shape index (κ3) is 9.01. The molecule has 2 aliphatic rings. The Morgan fingerprint density at radius 2 is 1.73 bits per heavy atom. The van der Waals surface area contributed by atoms with E-state index in [1.165, 1.54) is 17.1 Å². The van der Waals surface area contributed by atoms with Gasteiger partial charge in [0.15, 0.2) is 13.4 Å². The average molecular weight is 659 g/mol. The number of β-lactam (4-membered cyclic amide) rings is 1. The molecule has 2 saturated heterocycles. The highest BCUT2D eigenvalue weighted by Gasteiger charge is 2.59. The molecular formula is C30H47FN2O9SSi. The van der Waals surface area contributed by atoms with Crippen molar-refractivity contribution in [3.8, 4) is 0 Å². The third-order valence-electron chi connectivity index (χ3n) is 8.34. The van der Waals surface area contributed by atoms with E-state index in [0.29, 0.717) is 6.42 Å². The second-order valence-corrected chi connectivity index (χ2v) is 18.6. The first kappa shape index (κ1) is 37.6. The van der Waals surface area contributed by atoms with Gasteiger partial charge in [0, 0.05) is 17.7 Å². The van der Waals surface area contributed by atoms with Gasteiger partial charge in [-0.15, -0.1) is 0 Å². The Kier molecular flexibility index (Phi) is 13.8. The summed E-state index contributed by atoms with van der Waals surface area (Å²) < 4.78 is 34.5. The Hall–Kier alpha value is -2.55. The first-order valence-electron chi connectivity index (χ1n) is 14.7. The molecule has 2 rings (SSSR count). The fraction of sp³-hybridized carbons (Fsp3) is 0.700. The number of ether oxygens (including phenoxy) is 3. The fourth-order valence-electron chi connectivity index (χ4n) is 5.03. The van der Waals surface area contributed by atoms with Gasteiger partial charge < -0.3 is 23.5 Å². The summed E-state index contributed by atoms with van der Waals surface area (Å²) in [6, 6.07) is -1.38. The van der Waals surface area contributed by atoms with Crippen molar-refractivity contribution < 1.29 is 47.0 Å². The molecule has 6 atom stereocenters. The second kappa shape index (κ2) is 16.1. The van der Waals surface area contributed by atoms with E-state index in [-0.39, 0.29) is 48.4 Å². The van der Waals surface area contributed by atoms with Gasteiger partial charge in [0.2, 0.25) is 5.91 Å². The first-order chi connectivity index (χ1) is 20.5. The number of alkyl halides is 1. The number of rotatable bonds is 14. The summed E-state index contributed by atoms with van der Waals surface area (Å²) >= 11 is 1.00. The van der Waals surface area contributed by atoms with Gasteiger partial charge >= 0.3 is 18.0 Å². The highest BCUT2D eigenvalue weighted by molar-refractivity contribution is 8.14. The standard InChI is InChI=1S/C30H47FN2O9SSi/c1-10-13-40-27(36)26(35)33-24(23(25(33)34)20(4)42-44(8,9)30(5,6)7)19(3)28(37)43-22-16-21(18-39-15-12-31)32(17-22)29(38)41-14-11-2/h10-11,19-24H,1-2,12-18H2,3-9H3/t19-,20-,21+,22+,23-,24-/m1/s1. The molecule has 0 aromatic carbocycles. The number of carbonyl (C=O) groups excluding carboxylic acids is 5. The van der Waals surface area contributed by atoms with Crippen molar-refractivity contribution in [2.75, 3.05) is 39.6 Å². The van der Waals surface area contributed by atoms with Crippen molar-refractivity contribution in [1.29, 1.82) is 0 Å². The van der Waals surface area contributed by atoms with Gasteiger partial charge in [0.05, 0.1) is 37.3 Å². The van der Waals surface area contributed by atoms with E-state index in [1.54, 1.807) is 13.8 Å². The normalized spacial score (nSPS) is 23.4. The van der Waals surface area contributed by atoms with Crippen LogP contribution in [0.2, 0.25) is 18.1 Å². The maximum atomic E-state index is 13.7. The predicted molar refractivity (Wildman–Crippen MR) is 167 cm³/mol. The van der Waals surface area contributed by atoms with Gasteiger partial charge in [-0.1, -0.05) is 64.8 Å². The van der Waals surface area contributed by atoms with E-state index >= 15 is 0 Å². The molecule has 0 saturated carbocycles. The molecule has 11 nitrogen and oxygen atoms in total. The lowest BCUT2D eigenvalue weighted by atomic mass is 9.77. The molecule has 0 unspecified atom stereocenters. The number of halogens is 1. The molecule has 0 radical (unpaired) electrons. The molecule has 14 heteroatoms. The number of hydrogen-bond donors (Lipinski definition) is 0. The van der Waals surface area contributed by atoms with Crippen LogP contribution in [0.1, 0.15) is 41.0 Å². The second-order valence-electron chi connectivity index (χ2n) is 12.5. The molecule has 44 heavy (non-hydrogen) atoms. The zero-order valence-corrected chi connectivity index (χ0v) is 28.7. The topological polar surface area (TPSA) is 129 Å². The van der Waals surface area contributed by atoms with E-state index in [1.807, 2.05) is 13.1 Å². The summed E-state index contributed by atoms with van der Waals surface area (Å²) in [5.41, 5.74) is 0. The molecule has 0 aromatic rings. The van der Waals surface area contributed by atoms with Crippen molar-refractivity contribution in [3.05, 3.63) is 25.3 Å². The molecule has 0 N–H and O–H groups in total. The fourth-order valence-corrected chi connectivity index (χ4v) is 7.69. The minimum absolute atomic E-state index is 0.00644. The Balaban J connectivity index is 2.28. The Morgan fingerprint density at radius 3 is 2.30 bits per heavy atom. The molecule has 2 fully saturated rings. The minimum atomic E-state index is -2.34. The molecule has 3 amide bonds. The summed E-state index contributed by atoms with van der Waals surface area (Å²) in [4.78, 5) is 67.5. The molecule has 248 valence electrons. The SMILES string of the molecule is C=CCOC(=O)C(=O)N1C(=O)[C@H]([C@@H](C)O[Si](C)(C)C(C)(C)C)[C@H]1[C@@H](C)C(=O)S[C@H]1C[C@@H](COCCF)N(C(=O)OCC=C)C1.